The number of ether oxygens (including phenoxy) is 1. The highest BCUT2D eigenvalue weighted by Gasteiger charge is 2.27. The van der Waals surface area contributed by atoms with Crippen LogP contribution >= 0.6 is 0 Å². The minimum absolute atomic E-state index is 0.184. The highest BCUT2D eigenvalue weighted by molar-refractivity contribution is 5.79. The molecular weight excluding hydrogens is 382 g/mol. The summed E-state index contributed by atoms with van der Waals surface area (Å²) in [5.74, 6) is 1.61. The summed E-state index contributed by atoms with van der Waals surface area (Å²) in [6.07, 6.45) is 9.34. The van der Waals surface area contributed by atoms with Crippen LogP contribution in [-0.4, -0.2) is 76.8 Å². The van der Waals surface area contributed by atoms with E-state index in [-0.39, 0.29) is 5.92 Å². The van der Waals surface area contributed by atoms with Gasteiger partial charge < -0.3 is 14.2 Å². The molecule has 30 heavy (non-hydrogen) atoms. The summed E-state index contributed by atoms with van der Waals surface area (Å²) < 4.78 is 10.9. The van der Waals surface area contributed by atoms with E-state index < -0.39 is 0 Å². The van der Waals surface area contributed by atoms with Gasteiger partial charge in [0.05, 0.1) is 13.2 Å². The fourth-order valence-electron chi connectivity index (χ4n) is 4.28. The van der Waals surface area contributed by atoms with E-state index in [9.17, 15) is 4.79 Å². The molecule has 2 aromatic heterocycles. The van der Waals surface area contributed by atoms with Crippen LogP contribution in [0, 0.1) is 5.92 Å². The first-order valence-electron chi connectivity index (χ1n) is 11.1. The summed E-state index contributed by atoms with van der Waals surface area (Å²) in [4.78, 5) is 26.0. The maximum Gasteiger partial charge on any atom is 0.228 e. The number of pyridine rings is 1. The first kappa shape index (κ1) is 20.9. The molecule has 2 aliphatic rings. The van der Waals surface area contributed by atoms with Crippen LogP contribution in [0.25, 0.3) is 11.4 Å². The number of hydrogen-bond donors (Lipinski definition) is 0. The Balaban J connectivity index is 1.33. The highest BCUT2D eigenvalue weighted by atomic mass is 16.5. The van der Waals surface area contributed by atoms with Crippen LogP contribution in [-0.2, 0) is 16.0 Å². The predicted octanol–water partition coefficient (Wildman–Crippen LogP) is 2.42. The van der Waals surface area contributed by atoms with Crippen molar-refractivity contribution in [3.63, 3.8) is 0 Å². The van der Waals surface area contributed by atoms with Gasteiger partial charge in [0.2, 0.25) is 17.6 Å². The molecular formula is C22H31N5O3. The fraction of sp³-hybridized carbons (Fsp3) is 0.636. The Morgan fingerprint density at radius 3 is 2.67 bits per heavy atom. The average Bonchev–Trinajstić information content (AvgIpc) is 3.49. The van der Waals surface area contributed by atoms with Crippen LogP contribution in [0.5, 0.6) is 0 Å². The molecule has 1 aliphatic heterocycles. The highest BCUT2D eigenvalue weighted by Crippen LogP contribution is 2.27. The zero-order valence-electron chi connectivity index (χ0n) is 17.5. The third kappa shape index (κ3) is 5.64. The van der Waals surface area contributed by atoms with E-state index in [0.717, 1.165) is 77.1 Å². The van der Waals surface area contributed by atoms with Gasteiger partial charge in [0.15, 0.2) is 0 Å². The normalized spacial score (nSPS) is 18.0. The fourth-order valence-corrected chi connectivity index (χ4v) is 4.28. The second-order valence-corrected chi connectivity index (χ2v) is 8.11. The summed E-state index contributed by atoms with van der Waals surface area (Å²) in [7, 11) is 0. The second kappa shape index (κ2) is 10.6. The molecule has 162 valence electrons. The molecule has 0 N–H and O–H groups in total. The second-order valence-electron chi connectivity index (χ2n) is 8.11. The third-order valence-electron chi connectivity index (χ3n) is 6.02. The number of carbonyl (C=O) groups excluding carboxylic acids is 1. The summed E-state index contributed by atoms with van der Waals surface area (Å²) in [6, 6.07) is 3.71. The van der Waals surface area contributed by atoms with E-state index >= 15 is 0 Å². The van der Waals surface area contributed by atoms with Gasteiger partial charge in [-0.25, -0.2) is 0 Å². The van der Waals surface area contributed by atoms with Crippen molar-refractivity contribution < 1.29 is 14.1 Å². The predicted molar refractivity (Wildman–Crippen MR) is 112 cm³/mol. The average molecular weight is 414 g/mol. The number of morpholine rings is 1. The summed E-state index contributed by atoms with van der Waals surface area (Å²) in [6.45, 7) is 5.98. The van der Waals surface area contributed by atoms with Crippen molar-refractivity contribution in [1.82, 2.24) is 24.9 Å². The van der Waals surface area contributed by atoms with Crippen molar-refractivity contribution in [3.05, 3.63) is 30.4 Å². The summed E-state index contributed by atoms with van der Waals surface area (Å²) in [5.41, 5.74) is 0.879. The molecule has 1 amide bonds. The van der Waals surface area contributed by atoms with Crippen molar-refractivity contribution in [3.8, 4) is 11.4 Å². The Morgan fingerprint density at radius 2 is 1.90 bits per heavy atom. The van der Waals surface area contributed by atoms with E-state index in [2.05, 4.69) is 20.0 Å². The van der Waals surface area contributed by atoms with Gasteiger partial charge in [-0.3, -0.25) is 14.7 Å². The maximum atomic E-state index is 13.1. The Labute approximate surface area is 177 Å². The molecule has 1 saturated carbocycles. The van der Waals surface area contributed by atoms with E-state index in [0.29, 0.717) is 30.6 Å². The van der Waals surface area contributed by atoms with Crippen molar-refractivity contribution in [2.75, 3.05) is 45.9 Å². The van der Waals surface area contributed by atoms with Crippen molar-refractivity contribution in [2.45, 2.75) is 38.5 Å². The molecule has 2 fully saturated rings. The molecule has 0 spiro atoms. The monoisotopic (exact) mass is 413 g/mol. The number of nitrogens with zero attached hydrogens (tertiary/aromatic N) is 5. The first-order valence-corrected chi connectivity index (χ1v) is 11.1. The lowest BCUT2D eigenvalue weighted by Crippen LogP contribution is -2.41. The zero-order valence-corrected chi connectivity index (χ0v) is 17.5. The van der Waals surface area contributed by atoms with Crippen LogP contribution in [0.3, 0.4) is 0 Å². The van der Waals surface area contributed by atoms with E-state index in [1.54, 1.807) is 12.4 Å². The number of hydrogen-bond acceptors (Lipinski definition) is 7. The molecule has 0 aromatic carbocycles. The van der Waals surface area contributed by atoms with Gasteiger partial charge in [-0.05, 0) is 31.4 Å². The van der Waals surface area contributed by atoms with Gasteiger partial charge in [-0.15, -0.1) is 0 Å². The lowest BCUT2D eigenvalue weighted by molar-refractivity contribution is -0.135. The SMILES string of the molecule is O=C(C1CCCC1)N(CCCN1CCOCC1)CCc1nc(-c2ccncc2)no1. The molecule has 0 radical (unpaired) electrons. The van der Waals surface area contributed by atoms with Crippen LogP contribution < -0.4 is 0 Å². The number of aromatic nitrogens is 3. The van der Waals surface area contributed by atoms with Crippen LogP contribution in [0.4, 0.5) is 0 Å². The molecule has 8 nitrogen and oxygen atoms in total. The van der Waals surface area contributed by atoms with Gasteiger partial charge in [-0.1, -0.05) is 18.0 Å². The topological polar surface area (TPSA) is 84.6 Å². The van der Waals surface area contributed by atoms with Crippen LogP contribution in [0.1, 0.15) is 38.0 Å². The summed E-state index contributed by atoms with van der Waals surface area (Å²) in [5, 5.41) is 4.07. The standard InChI is InChI=1S/C22H31N5O3/c28-22(19-4-1-2-5-19)27(12-3-11-26-14-16-29-17-15-26)13-8-20-24-21(25-30-20)18-6-9-23-10-7-18/h6-7,9-10,19H,1-5,8,11-17H2. The Bertz CT molecular complexity index is 785. The van der Waals surface area contributed by atoms with Gasteiger partial charge in [-0.2, -0.15) is 4.98 Å². The minimum Gasteiger partial charge on any atom is -0.379 e. The van der Waals surface area contributed by atoms with Gasteiger partial charge >= 0.3 is 0 Å². The molecule has 1 aliphatic carbocycles. The molecule has 3 heterocycles. The minimum atomic E-state index is 0.184. The van der Waals surface area contributed by atoms with Gasteiger partial charge in [0.1, 0.15) is 0 Å². The molecule has 0 bridgehead atoms. The molecule has 2 aromatic rings. The largest absolute Gasteiger partial charge is 0.379 e. The Hall–Kier alpha value is -2.32. The lowest BCUT2D eigenvalue weighted by atomic mass is 10.1. The smallest absolute Gasteiger partial charge is 0.228 e. The Morgan fingerprint density at radius 1 is 1.13 bits per heavy atom. The summed E-state index contributed by atoms with van der Waals surface area (Å²) >= 11 is 0. The van der Waals surface area contributed by atoms with Gasteiger partial charge in [0.25, 0.3) is 0 Å². The number of rotatable bonds is 9. The van der Waals surface area contributed by atoms with Crippen molar-refractivity contribution in [1.29, 1.82) is 0 Å². The van der Waals surface area contributed by atoms with E-state index in [4.69, 9.17) is 9.26 Å². The Kier molecular flexibility index (Phi) is 7.42. The first-order chi connectivity index (χ1) is 14.8. The molecule has 4 rings (SSSR count). The van der Waals surface area contributed by atoms with Gasteiger partial charge in [0, 0.05) is 63.0 Å². The van der Waals surface area contributed by atoms with Crippen molar-refractivity contribution in [2.24, 2.45) is 5.92 Å². The van der Waals surface area contributed by atoms with E-state index in [1.165, 1.54) is 0 Å². The zero-order chi connectivity index (χ0) is 20.6. The van der Waals surface area contributed by atoms with Crippen molar-refractivity contribution >= 4 is 5.91 Å². The molecule has 8 heteroatoms. The number of carbonyl (C=O) groups is 1. The van der Waals surface area contributed by atoms with Crippen LogP contribution in [0.15, 0.2) is 29.0 Å². The molecule has 0 unspecified atom stereocenters. The molecule has 0 atom stereocenters. The molecule has 1 saturated heterocycles. The lowest BCUT2D eigenvalue weighted by Gasteiger charge is -2.29. The quantitative estimate of drug-likeness (QED) is 0.624. The maximum absolute atomic E-state index is 13.1. The van der Waals surface area contributed by atoms with E-state index in [1.807, 2.05) is 17.0 Å². The number of amides is 1. The third-order valence-corrected chi connectivity index (χ3v) is 6.02. The van der Waals surface area contributed by atoms with Crippen LogP contribution in [0.2, 0.25) is 0 Å².